The standard InChI is InChI=1S/C16H23N3O3/c1-2-22-14-7-5-13(6-8-14)19-15(20)11-18-16(21)12-4-3-9-17-10-12/h5-8,12,17H,2-4,9-11H2,1H3,(H,18,21)(H,19,20). The lowest BCUT2D eigenvalue weighted by Gasteiger charge is -2.21. The molecule has 2 amide bonds. The van der Waals surface area contributed by atoms with Crippen molar-refractivity contribution >= 4 is 17.5 Å². The molecule has 1 saturated heterocycles. The van der Waals surface area contributed by atoms with E-state index < -0.39 is 0 Å². The first-order valence-electron chi connectivity index (χ1n) is 7.70. The average molecular weight is 305 g/mol. The Kier molecular flexibility index (Phi) is 6.21. The van der Waals surface area contributed by atoms with Gasteiger partial charge in [-0.1, -0.05) is 0 Å². The minimum Gasteiger partial charge on any atom is -0.494 e. The molecule has 0 spiro atoms. The third kappa shape index (κ3) is 5.04. The summed E-state index contributed by atoms with van der Waals surface area (Å²) in [7, 11) is 0. The Balaban J connectivity index is 1.73. The Morgan fingerprint density at radius 1 is 1.32 bits per heavy atom. The van der Waals surface area contributed by atoms with E-state index in [1.54, 1.807) is 24.3 Å². The van der Waals surface area contributed by atoms with Gasteiger partial charge in [0.2, 0.25) is 11.8 Å². The van der Waals surface area contributed by atoms with Gasteiger partial charge < -0.3 is 20.7 Å². The number of rotatable bonds is 6. The van der Waals surface area contributed by atoms with Crippen LogP contribution < -0.4 is 20.7 Å². The molecular formula is C16H23N3O3. The highest BCUT2D eigenvalue weighted by molar-refractivity contribution is 5.94. The van der Waals surface area contributed by atoms with Crippen molar-refractivity contribution in [2.24, 2.45) is 5.92 Å². The number of carbonyl (C=O) groups excluding carboxylic acids is 2. The lowest BCUT2D eigenvalue weighted by molar-refractivity contribution is -0.127. The molecule has 0 aliphatic carbocycles. The van der Waals surface area contributed by atoms with Crippen molar-refractivity contribution in [1.29, 1.82) is 0 Å². The molecule has 0 saturated carbocycles. The van der Waals surface area contributed by atoms with E-state index in [9.17, 15) is 9.59 Å². The van der Waals surface area contributed by atoms with Gasteiger partial charge in [0.15, 0.2) is 0 Å². The van der Waals surface area contributed by atoms with Crippen molar-refractivity contribution in [1.82, 2.24) is 10.6 Å². The highest BCUT2D eigenvalue weighted by Crippen LogP contribution is 2.15. The van der Waals surface area contributed by atoms with Gasteiger partial charge in [0.1, 0.15) is 5.75 Å². The first kappa shape index (κ1) is 16.3. The number of ether oxygens (including phenoxy) is 1. The lowest BCUT2D eigenvalue weighted by atomic mass is 9.99. The number of carbonyl (C=O) groups is 2. The first-order valence-corrected chi connectivity index (χ1v) is 7.70. The summed E-state index contributed by atoms with van der Waals surface area (Å²) in [5, 5.41) is 8.62. The van der Waals surface area contributed by atoms with E-state index in [0.717, 1.165) is 25.1 Å². The summed E-state index contributed by atoms with van der Waals surface area (Å²) in [5.41, 5.74) is 0.682. The smallest absolute Gasteiger partial charge is 0.243 e. The SMILES string of the molecule is CCOc1ccc(NC(=O)CNC(=O)C2CCCNC2)cc1. The van der Waals surface area contributed by atoms with Crippen LogP contribution in [0.5, 0.6) is 5.75 Å². The molecular weight excluding hydrogens is 282 g/mol. The molecule has 1 aromatic rings. The van der Waals surface area contributed by atoms with Crippen molar-refractivity contribution in [3.63, 3.8) is 0 Å². The van der Waals surface area contributed by atoms with Crippen LogP contribution in [0.4, 0.5) is 5.69 Å². The van der Waals surface area contributed by atoms with Gasteiger partial charge in [-0.15, -0.1) is 0 Å². The van der Waals surface area contributed by atoms with Gasteiger partial charge >= 0.3 is 0 Å². The summed E-state index contributed by atoms with van der Waals surface area (Å²) >= 11 is 0. The zero-order chi connectivity index (χ0) is 15.8. The molecule has 0 radical (unpaired) electrons. The van der Waals surface area contributed by atoms with Crippen LogP contribution in [0.3, 0.4) is 0 Å². The molecule has 22 heavy (non-hydrogen) atoms. The molecule has 1 fully saturated rings. The maximum Gasteiger partial charge on any atom is 0.243 e. The van der Waals surface area contributed by atoms with E-state index in [2.05, 4.69) is 16.0 Å². The number of hydrogen-bond acceptors (Lipinski definition) is 4. The zero-order valence-electron chi connectivity index (χ0n) is 12.9. The minimum absolute atomic E-state index is 0.0114. The molecule has 120 valence electrons. The van der Waals surface area contributed by atoms with Crippen molar-refractivity contribution in [3.8, 4) is 5.75 Å². The summed E-state index contributed by atoms with van der Waals surface area (Å²) in [6.45, 7) is 4.16. The second-order valence-corrected chi connectivity index (χ2v) is 5.27. The second kappa shape index (κ2) is 8.38. The molecule has 0 bridgehead atoms. The van der Waals surface area contributed by atoms with Crippen molar-refractivity contribution in [2.75, 3.05) is 31.6 Å². The highest BCUT2D eigenvalue weighted by Gasteiger charge is 2.20. The third-order valence-electron chi connectivity index (χ3n) is 3.54. The van der Waals surface area contributed by atoms with E-state index in [0.29, 0.717) is 18.8 Å². The third-order valence-corrected chi connectivity index (χ3v) is 3.54. The van der Waals surface area contributed by atoms with Gasteiger partial charge in [-0.2, -0.15) is 0 Å². The molecule has 1 aliphatic heterocycles. The summed E-state index contributed by atoms with van der Waals surface area (Å²) < 4.78 is 5.34. The van der Waals surface area contributed by atoms with Gasteiger partial charge in [0.25, 0.3) is 0 Å². The quantitative estimate of drug-likeness (QED) is 0.736. The number of anilines is 1. The Bertz CT molecular complexity index is 496. The average Bonchev–Trinajstić information content (AvgIpc) is 2.55. The molecule has 6 heteroatoms. The summed E-state index contributed by atoms with van der Waals surface area (Å²) in [5.74, 6) is 0.431. The highest BCUT2D eigenvalue weighted by atomic mass is 16.5. The normalized spacial score (nSPS) is 17.6. The Hall–Kier alpha value is -2.08. The first-order chi connectivity index (χ1) is 10.7. The van der Waals surface area contributed by atoms with E-state index in [1.807, 2.05) is 6.92 Å². The molecule has 0 aromatic heterocycles. The van der Waals surface area contributed by atoms with Crippen molar-refractivity contribution < 1.29 is 14.3 Å². The number of hydrogen-bond donors (Lipinski definition) is 3. The van der Waals surface area contributed by atoms with Crippen LogP contribution >= 0.6 is 0 Å². The minimum atomic E-state index is -0.235. The Morgan fingerprint density at radius 3 is 2.73 bits per heavy atom. The molecule has 1 heterocycles. The fraction of sp³-hybridized carbons (Fsp3) is 0.500. The van der Waals surface area contributed by atoms with Gasteiger partial charge in [0.05, 0.1) is 19.1 Å². The molecule has 1 atom stereocenters. The number of benzene rings is 1. The Labute approximate surface area is 130 Å². The molecule has 3 N–H and O–H groups in total. The molecule has 1 aliphatic rings. The van der Waals surface area contributed by atoms with Crippen molar-refractivity contribution in [2.45, 2.75) is 19.8 Å². The lowest BCUT2D eigenvalue weighted by Crippen LogP contribution is -2.42. The van der Waals surface area contributed by atoms with Crippen LogP contribution in [0.15, 0.2) is 24.3 Å². The topological polar surface area (TPSA) is 79.5 Å². The molecule has 1 unspecified atom stereocenters. The fourth-order valence-corrected chi connectivity index (χ4v) is 2.39. The monoisotopic (exact) mass is 305 g/mol. The largest absolute Gasteiger partial charge is 0.494 e. The molecule has 2 rings (SSSR count). The van der Waals surface area contributed by atoms with Crippen LogP contribution in [-0.4, -0.2) is 38.1 Å². The van der Waals surface area contributed by atoms with Gasteiger partial charge in [0, 0.05) is 12.2 Å². The maximum absolute atomic E-state index is 11.9. The fourth-order valence-electron chi connectivity index (χ4n) is 2.39. The van der Waals surface area contributed by atoms with Crippen LogP contribution in [0.2, 0.25) is 0 Å². The molecule has 1 aromatic carbocycles. The predicted octanol–water partition coefficient (Wildman–Crippen LogP) is 1.14. The summed E-state index contributed by atoms with van der Waals surface area (Å²) in [4.78, 5) is 23.8. The van der Waals surface area contributed by atoms with Gasteiger partial charge in [-0.05, 0) is 50.6 Å². The summed E-state index contributed by atoms with van der Waals surface area (Å²) in [6.07, 6.45) is 1.87. The van der Waals surface area contributed by atoms with Crippen LogP contribution in [0.25, 0.3) is 0 Å². The van der Waals surface area contributed by atoms with E-state index in [-0.39, 0.29) is 24.3 Å². The second-order valence-electron chi connectivity index (χ2n) is 5.27. The van der Waals surface area contributed by atoms with Crippen LogP contribution in [0, 0.1) is 5.92 Å². The Morgan fingerprint density at radius 2 is 2.09 bits per heavy atom. The van der Waals surface area contributed by atoms with E-state index >= 15 is 0 Å². The van der Waals surface area contributed by atoms with Crippen LogP contribution in [-0.2, 0) is 9.59 Å². The van der Waals surface area contributed by atoms with E-state index in [1.165, 1.54) is 0 Å². The number of piperidine rings is 1. The summed E-state index contributed by atoms with van der Waals surface area (Å²) in [6, 6.07) is 7.14. The van der Waals surface area contributed by atoms with Crippen LogP contribution in [0.1, 0.15) is 19.8 Å². The number of amides is 2. The molecule has 6 nitrogen and oxygen atoms in total. The maximum atomic E-state index is 11.9. The van der Waals surface area contributed by atoms with Crippen molar-refractivity contribution in [3.05, 3.63) is 24.3 Å². The van der Waals surface area contributed by atoms with E-state index in [4.69, 9.17) is 4.74 Å². The van der Waals surface area contributed by atoms with Gasteiger partial charge in [-0.25, -0.2) is 0 Å². The predicted molar refractivity (Wildman–Crippen MR) is 84.8 cm³/mol. The number of nitrogens with one attached hydrogen (secondary N) is 3. The van der Waals surface area contributed by atoms with Gasteiger partial charge in [-0.3, -0.25) is 9.59 Å². The zero-order valence-corrected chi connectivity index (χ0v) is 12.9.